The number of nitrogens with zero attached hydrogens (tertiary/aromatic N) is 1. The van der Waals surface area contributed by atoms with Crippen molar-refractivity contribution in [3.05, 3.63) is 35.4 Å². The standard InChI is InChI=1S/C17H26N2O/c1-3-13-6-8-14(9-7-13)17(18-2)16-11-19-10-4-5-15(19)12-20-16/h6-9,15-18H,3-5,10-12H2,1-2H3. The molecule has 110 valence electrons. The molecule has 0 saturated carbocycles. The minimum Gasteiger partial charge on any atom is -0.373 e. The van der Waals surface area contributed by atoms with E-state index in [9.17, 15) is 0 Å². The summed E-state index contributed by atoms with van der Waals surface area (Å²) in [5.74, 6) is 0. The van der Waals surface area contributed by atoms with Gasteiger partial charge in [-0.1, -0.05) is 31.2 Å². The van der Waals surface area contributed by atoms with E-state index < -0.39 is 0 Å². The molecule has 2 heterocycles. The first kappa shape index (κ1) is 14.1. The highest BCUT2D eigenvalue weighted by Crippen LogP contribution is 2.28. The Morgan fingerprint density at radius 3 is 2.85 bits per heavy atom. The summed E-state index contributed by atoms with van der Waals surface area (Å²) in [5, 5.41) is 3.45. The molecule has 0 aromatic heterocycles. The number of ether oxygens (including phenoxy) is 1. The number of hydrogen-bond acceptors (Lipinski definition) is 3. The van der Waals surface area contributed by atoms with Gasteiger partial charge in [0.15, 0.2) is 0 Å². The molecule has 1 N–H and O–H groups in total. The lowest BCUT2D eigenvalue weighted by Gasteiger charge is -2.39. The van der Waals surface area contributed by atoms with Gasteiger partial charge in [-0.3, -0.25) is 4.90 Å². The molecule has 0 amide bonds. The number of hydrogen-bond donors (Lipinski definition) is 1. The third-order valence-electron chi connectivity index (χ3n) is 4.85. The SMILES string of the molecule is CCc1ccc(C(NC)C2CN3CCCC3CO2)cc1. The quantitative estimate of drug-likeness (QED) is 0.912. The van der Waals surface area contributed by atoms with E-state index in [0.717, 1.165) is 19.6 Å². The van der Waals surface area contributed by atoms with Gasteiger partial charge in [-0.05, 0) is 44.0 Å². The normalized spacial score (nSPS) is 28.3. The molecular formula is C17H26N2O. The molecule has 0 spiro atoms. The van der Waals surface area contributed by atoms with Crippen LogP contribution in [0.3, 0.4) is 0 Å². The molecule has 2 saturated heterocycles. The van der Waals surface area contributed by atoms with Crippen molar-refractivity contribution >= 4 is 0 Å². The maximum absolute atomic E-state index is 6.15. The van der Waals surface area contributed by atoms with Crippen molar-refractivity contribution in [2.45, 2.75) is 44.4 Å². The van der Waals surface area contributed by atoms with Gasteiger partial charge in [-0.2, -0.15) is 0 Å². The Bertz CT molecular complexity index is 431. The summed E-state index contributed by atoms with van der Waals surface area (Å²) >= 11 is 0. The minimum atomic E-state index is 0.266. The molecule has 0 bridgehead atoms. The van der Waals surface area contributed by atoms with Crippen LogP contribution in [0.2, 0.25) is 0 Å². The van der Waals surface area contributed by atoms with Gasteiger partial charge in [-0.15, -0.1) is 0 Å². The molecule has 1 aromatic rings. The first-order valence-corrected chi connectivity index (χ1v) is 7.93. The average Bonchev–Trinajstić information content (AvgIpc) is 2.96. The minimum absolute atomic E-state index is 0.266. The van der Waals surface area contributed by atoms with E-state index in [1.165, 1.54) is 30.5 Å². The molecule has 2 aliphatic rings. The summed E-state index contributed by atoms with van der Waals surface area (Å²) in [6.45, 7) is 5.40. The van der Waals surface area contributed by atoms with Crippen molar-refractivity contribution in [1.82, 2.24) is 10.2 Å². The van der Waals surface area contributed by atoms with Crippen molar-refractivity contribution in [1.29, 1.82) is 0 Å². The number of likely N-dealkylation sites (N-methyl/N-ethyl adjacent to an activating group) is 1. The fourth-order valence-corrected chi connectivity index (χ4v) is 3.57. The van der Waals surface area contributed by atoms with Crippen LogP contribution in [0, 0.1) is 0 Å². The highest BCUT2D eigenvalue weighted by Gasteiger charge is 2.35. The van der Waals surface area contributed by atoms with E-state index in [4.69, 9.17) is 4.74 Å². The lowest BCUT2D eigenvalue weighted by atomic mass is 9.98. The Morgan fingerprint density at radius 1 is 1.35 bits per heavy atom. The molecule has 0 aliphatic carbocycles. The highest BCUT2D eigenvalue weighted by atomic mass is 16.5. The summed E-state index contributed by atoms with van der Waals surface area (Å²) in [5.41, 5.74) is 2.74. The van der Waals surface area contributed by atoms with E-state index in [0.29, 0.717) is 12.1 Å². The molecule has 20 heavy (non-hydrogen) atoms. The smallest absolute Gasteiger partial charge is 0.0897 e. The first-order valence-electron chi connectivity index (χ1n) is 7.93. The second-order valence-electron chi connectivity index (χ2n) is 6.02. The van der Waals surface area contributed by atoms with Gasteiger partial charge < -0.3 is 10.1 Å². The van der Waals surface area contributed by atoms with Gasteiger partial charge in [0.1, 0.15) is 0 Å². The lowest BCUT2D eigenvalue weighted by molar-refractivity contribution is -0.0642. The summed E-state index contributed by atoms with van der Waals surface area (Å²) in [4.78, 5) is 2.61. The first-order chi connectivity index (χ1) is 9.81. The van der Waals surface area contributed by atoms with Crippen LogP contribution in [-0.4, -0.2) is 43.8 Å². The van der Waals surface area contributed by atoms with Gasteiger partial charge in [0.2, 0.25) is 0 Å². The number of rotatable bonds is 4. The molecule has 2 fully saturated rings. The largest absolute Gasteiger partial charge is 0.373 e. The van der Waals surface area contributed by atoms with Gasteiger partial charge in [-0.25, -0.2) is 0 Å². The van der Waals surface area contributed by atoms with Crippen LogP contribution in [0.4, 0.5) is 0 Å². The van der Waals surface area contributed by atoms with Crippen LogP contribution < -0.4 is 5.32 Å². The number of morpholine rings is 1. The zero-order valence-electron chi connectivity index (χ0n) is 12.6. The predicted molar refractivity (Wildman–Crippen MR) is 82.0 cm³/mol. The van der Waals surface area contributed by atoms with Crippen LogP contribution in [0.15, 0.2) is 24.3 Å². The predicted octanol–water partition coefficient (Wildman–Crippen LogP) is 2.37. The third-order valence-corrected chi connectivity index (χ3v) is 4.85. The maximum Gasteiger partial charge on any atom is 0.0897 e. The second kappa shape index (κ2) is 6.25. The van der Waals surface area contributed by atoms with E-state index in [-0.39, 0.29) is 6.10 Å². The number of aryl methyl sites for hydroxylation is 1. The van der Waals surface area contributed by atoms with E-state index in [1.807, 2.05) is 7.05 Å². The van der Waals surface area contributed by atoms with Crippen molar-refractivity contribution < 1.29 is 4.74 Å². The zero-order valence-corrected chi connectivity index (χ0v) is 12.6. The molecule has 3 nitrogen and oxygen atoms in total. The van der Waals surface area contributed by atoms with Crippen LogP contribution in [-0.2, 0) is 11.2 Å². The molecule has 3 unspecified atom stereocenters. The Hall–Kier alpha value is -0.900. The Labute approximate surface area is 122 Å². The van der Waals surface area contributed by atoms with Gasteiger partial charge in [0.25, 0.3) is 0 Å². The Balaban J connectivity index is 1.72. The van der Waals surface area contributed by atoms with E-state index in [2.05, 4.69) is 41.4 Å². The molecule has 3 atom stereocenters. The molecule has 1 aromatic carbocycles. The Kier molecular flexibility index (Phi) is 4.39. The summed E-state index contributed by atoms with van der Waals surface area (Å²) in [7, 11) is 2.04. The molecule has 0 radical (unpaired) electrons. The molecule has 3 heteroatoms. The summed E-state index contributed by atoms with van der Waals surface area (Å²) in [6.07, 6.45) is 4.00. The van der Waals surface area contributed by atoms with Crippen LogP contribution in [0.5, 0.6) is 0 Å². The molecule has 3 rings (SSSR count). The molecular weight excluding hydrogens is 248 g/mol. The zero-order chi connectivity index (χ0) is 13.9. The lowest BCUT2D eigenvalue weighted by Crippen LogP contribution is -2.50. The third kappa shape index (κ3) is 2.76. The van der Waals surface area contributed by atoms with E-state index >= 15 is 0 Å². The number of fused-ring (bicyclic) bond motifs is 1. The topological polar surface area (TPSA) is 24.5 Å². The highest BCUT2D eigenvalue weighted by molar-refractivity contribution is 5.26. The van der Waals surface area contributed by atoms with Crippen molar-refractivity contribution in [3.63, 3.8) is 0 Å². The number of nitrogens with one attached hydrogen (secondary N) is 1. The number of benzene rings is 1. The van der Waals surface area contributed by atoms with E-state index in [1.54, 1.807) is 0 Å². The van der Waals surface area contributed by atoms with Gasteiger partial charge >= 0.3 is 0 Å². The van der Waals surface area contributed by atoms with Crippen molar-refractivity contribution in [3.8, 4) is 0 Å². The van der Waals surface area contributed by atoms with Gasteiger partial charge in [0, 0.05) is 12.6 Å². The fourth-order valence-electron chi connectivity index (χ4n) is 3.57. The summed E-state index contributed by atoms with van der Waals surface area (Å²) in [6, 6.07) is 9.94. The van der Waals surface area contributed by atoms with Crippen molar-refractivity contribution in [2.75, 3.05) is 26.7 Å². The average molecular weight is 274 g/mol. The van der Waals surface area contributed by atoms with Crippen molar-refractivity contribution in [2.24, 2.45) is 0 Å². The second-order valence-corrected chi connectivity index (χ2v) is 6.02. The van der Waals surface area contributed by atoms with Crippen LogP contribution in [0.1, 0.15) is 36.9 Å². The molecule has 2 aliphatic heterocycles. The Morgan fingerprint density at radius 2 is 2.15 bits per heavy atom. The van der Waals surface area contributed by atoms with Crippen LogP contribution >= 0.6 is 0 Å². The summed E-state index contributed by atoms with van der Waals surface area (Å²) < 4.78 is 6.15. The fraction of sp³-hybridized carbons (Fsp3) is 0.647. The van der Waals surface area contributed by atoms with Crippen LogP contribution in [0.25, 0.3) is 0 Å². The maximum atomic E-state index is 6.15. The monoisotopic (exact) mass is 274 g/mol. The van der Waals surface area contributed by atoms with Gasteiger partial charge in [0.05, 0.1) is 18.8 Å².